The Morgan fingerprint density at radius 2 is 1.74 bits per heavy atom. The van der Waals surface area contributed by atoms with Gasteiger partial charge >= 0.3 is 5.97 Å². The fourth-order valence-electron chi connectivity index (χ4n) is 3.34. The van der Waals surface area contributed by atoms with Gasteiger partial charge in [0, 0.05) is 6.61 Å². The fraction of sp³-hybridized carbons (Fsp3) is 0.944. The number of carbonyl (C=O) groups excluding carboxylic acids is 1. The number of carbonyl (C=O) groups is 1. The summed E-state index contributed by atoms with van der Waals surface area (Å²) in [5.41, 5.74) is 0. The number of unbranched alkanes of at least 4 members (excludes halogenated alkanes) is 8. The number of aliphatic hydroxyl groups excluding tert-OH is 1. The van der Waals surface area contributed by atoms with Crippen molar-refractivity contribution in [1.82, 2.24) is 0 Å². The maximum absolute atomic E-state index is 11.1. The number of aliphatic hydroxyl groups is 1. The van der Waals surface area contributed by atoms with Crippen molar-refractivity contribution in [1.29, 1.82) is 0 Å². The topological polar surface area (TPSA) is 65.0 Å². The lowest BCUT2D eigenvalue weighted by Crippen LogP contribution is -2.34. The van der Waals surface area contributed by atoms with Gasteiger partial charge in [0.25, 0.3) is 0 Å². The number of ether oxygens (including phenoxy) is 3. The Balaban J connectivity index is 1.41. The van der Waals surface area contributed by atoms with E-state index >= 15 is 0 Å². The summed E-state index contributed by atoms with van der Waals surface area (Å²) in [5, 5.41) is 10.1. The van der Waals surface area contributed by atoms with Crippen LogP contribution >= 0.6 is 0 Å². The molecule has 0 bridgehead atoms. The average Bonchev–Trinajstić information content (AvgIpc) is 3.03. The van der Waals surface area contributed by atoms with Crippen molar-refractivity contribution in [3.63, 3.8) is 0 Å². The van der Waals surface area contributed by atoms with Crippen LogP contribution < -0.4 is 0 Å². The zero-order chi connectivity index (χ0) is 16.5. The highest BCUT2D eigenvalue weighted by atomic mass is 16.6. The Hall–Kier alpha value is -0.650. The van der Waals surface area contributed by atoms with E-state index in [1.165, 1.54) is 51.4 Å². The molecule has 0 aromatic rings. The van der Waals surface area contributed by atoms with Gasteiger partial charge in [-0.2, -0.15) is 0 Å². The van der Waals surface area contributed by atoms with E-state index in [4.69, 9.17) is 14.2 Å². The monoisotopic (exact) mass is 328 g/mol. The van der Waals surface area contributed by atoms with Gasteiger partial charge in [-0.15, -0.1) is 0 Å². The molecular weight excluding hydrogens is 296 g/mol. The molecule has 0 saturated carbocycles. The van der Waals surface area contributed by atoms with Gasteiger partial charge in [0.05, 0.1) is 13.0 Å². The fourth-order valence-corrected chi connectivity index (χ4v) is 3.34. The van der Waals surface area contributed by atoms with Crippen molar-refractivity contribution in [3.8, 4) is 0 Å². The molecule has 2 aliphatic heterocycles. The number of hydrogen-bond acceptors (Lipinski definition) is 5. The molecule has 1 N–H and O–H groups in total. The van der Waals surface area contributed by atoms with Crippen molar-refractivity contribution < 1.29 is 24.1 Å². The number of fused-ring (bicyclic) bond motifs is 1. The van der Waals surface area contributed by atoms with E-state index in [1.54, 1.807) is 0 Å². The molecule has 4 atom stereocenters. The quantitative estimate of drug-likeness (QED) is 0.441. The molecular formula is C18H32O5. The largest absolute Gasteiger partial charge is 0.457 e. The third-order valence-corrected chi connectivity index (χ3v) is 4.74. The van der Waals surface area contributed by atoms with Crippen LogP contribution in [0.5, 0.6) is 0 Å². The normalized spacial score (nSPS) is 29.7. The predicted molar refractivity (Wildman–Crippen MR) is 87.2 cm³/mol. The van der Waals surface area contributed by atoms with Crippen LogP contribution in [-0.4, -0.2) is 48.7 Å². The van der Waals surface area contributed by atoms with Gasteiger partial charge in [-0.25, -0.2) is 0 Å². The Morgan fingerprint density at radius 3 is 2.39 bits per heavy atom. The molecule has 0 aliphatic carbocycles. The van der Waals surface area contributed by atoms with E-state index < -0.39 is 12.2 Å². The van der Waals surface area contributed by atoms with Crippen molar-refractivity contribution in [2.24, 2.45) is 0 Å². The van der Waals surface area contributed by atoms with Gasteiger partial charge in [0.15, 0.2) is 6.10 Å². The molecule has 0 radical (unpaired) electrons. The summed E-state index contributed by atoms with van der Waals surface area (Å²) in [6, 6.07) is 0. The maximum Gasteiger partial charge on any atom is 0.309 e. The van der Waals surface area contributed by atoms with Crippen LogP contribution in [0.1, 0.15) is 71.1 Å². The van der Waals surface area contributed by atoms with Gasteiger partial charge < -0.3 is 19.3 Å². The Morgan fingerprint density at radius 1 is 1.09 bits per heavy atom. The van der Waals surface area contributed by atoms with E-state index in [1.807, 2.05) is 0 Å². The minimum absolute atomic E-state index is 0.247. The standard InChI is InChI=1S/C18H32O5/c1-2-3-4-5-6-7-8-9-10-11-21-13-15-17(20)18-14(22-15)12-16(19)23-18/h14-15,17-18,20H,2-13H2,1H3/t14-,15-,17+,18+/m1/s1. The Labute approximate surface area is 139 Å². The molecule has 5 heteroatoms. The second kappa shape index (κ2) is 10.3. The first-order valence-electron chi connectivity index (χ1n) is 9.33. The van der Waals surface area contributed by atoms with Gasteiger partial charge in [-0.1, -0.05) is 58.3 Å². The second-order valence-electron chi connectivity index (χ2n) is 6.77. The minimum atomic E-state index is -0.755. The van der Waals surface area contributed by atoms with E-state index in [0.717, 1.165) is 6.42 Å². The Kier molecular flexibility index (Phi) is 8.34. The SMILES string of the molecule is CCCCCCCCCCCOC[C@H]1O[C@@H]2CC(=O)O[C@@H]2[C@H]1O. The first-order valence-corrected chi connectivity index (χ1v) is 9.33. The summed E-state index contributed by atoms with van der Waals surface area (Å²) in [6.45, 7) is 3.33. The smallest absolute Gasteiger partial charge is 0.309 e. The molecule has 0 aromatic heterocycles. The van der Waals surface area contributed by atoms with Crippen LogP contribution in [0.15, 0.2) is 0 Å². The molecule has 2 aliphatic rings. The van der Waals surface area contributed by atoms with Crippen molar-refractivity contribution >= 4 is 5.97 Å². The summed E-state index contributed by atoms with van der Waals surface area (Å²) >= 11 is 0. The lowest BCUT2D eigenvalue weighted by atomic mass is 10.1. The van der Waals surface area contributed by atoms with Crippen LogP contribution in [-0.2, 0) is 19.0 Å². The molecule has 2 saturated heterocycles. The van der Waals surface area contributed by atoms with Crippen LogP contribution in [0.2, 0.25) is 0 Å². The molecule has 5 nitrogen and oxygen atoms in total. The number of esters is 1. The molecule has 0 aromatic carbocycles. The van der Waals surface area contributed by atoms with Gasteiger partial charge in [0.1, 0.15) is 18.3 Å². The third kappa shape index (κ3) is 6.05. The summed E-state index contributed by atoms with van der Waals surface area (Å²) in [7, 11) is 0. The molecule has 23 heavy (non-hydrogen) atoms. The first kappa shape index (κ1) is 18.7. The van der Waals surface area contributed by atoms with Crippen LogP contribution in [0, 0.1) is 0 Å². The van der Waals surface area contributed by atoms with Crippen LogP contribution in [0.25, 0.3) is 0 Å². The van der Waals surface area contributed by atoms with E-state index in [9.17, 15) is 9.90 Å². The van der Waals surface area contributed by atoms with Crippen molar-refractivity contribution in [3.05, 3.63) is 0 Å². The van der Waals surface area contributed by atoms with Crippen molar-refractivity contribution in [2.75, 3.05) is 13.2 Å². The molecule has 2 heterocycles. The van der Waals surface area contributed by atoms with E-state index in [-0.39, 0.29) is 24.6 Å². The zero-order valence-corrected chi connectivity index (χ0v) is 14.4. The summed E-state index contributed by atoms with van der Waals surface area (Å²) < 4.78 is 16.3. The zero-order valence-electron chi connectivity index (χ0n) is 14.4. The highest BCUT2D eigenvalue weighted by Crippen LogP contribution is 2.31. The first-order chi connectivity index (χ1) is 11.2. The molecule has 2 rings (SSSR count). The molecule has 134 valence electrons. The van der Waals surface area contributed by atoms with Gasteiger partial charge in [0.2, 0.25) is 0 Å². The van der Waals surface area contributed by atoms with Crippen molar-refractivity contribution in [2.45, 2.75) is 95.5 Å². The molecule has 2 fully saturated rings. The van der Waals surface area contributed by atoms with Crippen LogP contribution in [0.4, 0.5) is 0 Å². The van der Waals surface area contributed by atoms with Crippen LogP contribution in [0.3, 0.4) is 0 Å². The lowest BCUT2D eigenvalue weighted by molar-refractivity contribution is -0.146. The number of hydrogen-bond donors (Lipinski definition) is 1. The third-order valence-electron chi connectivity index (χ3n) is 4.74. The molecule has 0 amide bonds. The predicted octanol–water partition coefficient (Wildman–Crippen LogP) is 2.98. The maximum atomic E-state index is 11.1. The number of rotatable bonds is 12. The summed E-state index contributed by atoms with van der Waals surface area (Å²) in [6.07, 6.45) is 9.96. The average molecular weight is 328 g/mol. The highest BCUT2D eigenvalue weighted by Gasteiger charge is 2.50. The Bertz CT molecular complexity index is 346. The molecule has 0 unspecified atom stereocenters. The highest BCUT2D eigenvalue weighted by molar-refractivity contribution is 5.72. The second-order valence-corrected chi connectivity index (χ2v) is 6.77. The van der Waals surface area contributed by atoms with E-state index in [2.05, 4.69) is 6.92 Å². The van der Waals surface area contributed by atoms with E-state index in [0.29, 0.717) is 13.2 Å². The van der Waals surface area contributed by atoms with Gasteiger partial charge in [-0.05, 0) is 6.42 Å². The molecule has 0 spiro atoms. The lowest BCUT2D eigenvalue weighted by Gasteiger charge is -2.16. The summed E-state index contributed by atoms with van der Waals surface area (Å²) in [4.78, 5) is 11.1. The minimum Gasteiger partial charge on any atom is -0.457 e. The summed E-state index contributed by atoms with van der Waals surface area (Å²) in [5.74, 6) is -0.284. The van der Waals surface area contributed by atoms with Gasteiger partial charge in [-0.3, -0.25) is 4.79 Å².